The van der Waals surface area contributed by atoms with Crippen molar-refractivity contribution in [3.05, 3.63) is 71.8 Å². The highest BCUT2D eigenvalue weighted by molar-refractivity contribution is 6.11. The fourth-order valence-corrected chi connectivity index (χ4v) is 3.05. The molecule has 2 aromatic carbocycles. The fourth-order valence-electron chi connectivity index (χ4n) is 3.05. The number of ether oxygens (including phenoxy) is 1. The molecule has 4 aromatic rings. The van der Waals surface area contributed by atoms with Crippen LogP contribution in [0.3, 0.4) is 0 Å². The third kappa shape index (κ3) is 3.06. The van der Waals surface area contributed by atoms with Gasteiger partial charge in [0, 0.05) is 34.2 Å². The SMILES string of the molecule is COC(=O)c1ccc2c(c1)nc(Nc1ccc(F)c(C)c1)c1ccncc12. The molecule has 0 saturated heterocycles. The van der Waals surface area contributed by atoms with Gasteiger partial charge in [-0.3, -0.25) is 4.98 Å². The predicted octanol–water partition coefficient (Wildman–Crippen LogP) is 4.76. The van der Waals surface area contributed by atoms with Gasteiger partial charge in [0.05, 0.1) is 18.2 Å². The summed E-state index contributed by atoms with van der Waals surface area (Å²) in [4.78, 5) is 20.8. The number of methoxy groups -OCH3 is 1. The van der Waals surface area contributed by atoms with Crippen LogP contribution in [0.1, 0.15) is 15.9 Å². The first kappa shape index (κ1) is 16.9. The van der Waals surface area contributed by atoms with E-state index in [1.165, 1.54) is 13.2 Å². The quantitative estimate of drug-likeness (QED) is 0.421. The molecule has 0 unspecified atom stereocenters. The van der Waals surface area contributed by atoms with Gasteiger partial charge in [0.25, 0.3) is 0 Å². The van der Waals surface area contributed by atoms with Crippen molar-refractivity contribution in [2.45, 2.75) is 6.92 Å². The van der Waals surface area contributed by atoms with E-state index in [1.54, 1.807) is 43.6 Å². The van der Waals surface area contributed by atoms with Crippen LogP contribution in [0.2, 0.25) is 0 Å². The summed E-state index contributed by atoms with van der Waals surface area (Å²) in [7, 11) is 1.34. The molecule has 0 aliphatic rings. The monoisotopic (exact) mass is 361 g/mol. The molecule has 0 atom stereocenters. The molecular weight excluding hydrogens is 345 g/mol. The van der Waals surface area contributed by atoms with Gasteiger partial charge in [0.1, 0.15) is 11.6 Å². The summed E-state index contributed by atoms with van der Waals surface area (Å²) in [5.74, 6) is -0.0784. The second-order valence-corrected chi connectivity index (χ2v) is 6.19. The number of nitrogens with one attached hydrogen (secondary N) is 1. The maximum Gasteiger partial charge on any atom is 0.337 e. The maximum atomic E-state index is 13.6. The van der Waals surface area contributed by atoms with E-state index in [0.29, 0.717) is 22.5 Å². The summed E-state index contributed by atoms with van der Waals surface area (Å²) >= 11 is 0. The number of hydrogen-bond donors (Lipinski definition) is 1. The van der Waals surface area contributed by atoms with Crippen LogP contribution >= 0.6 is 0 Å². The first-order valence-corrected chi connectivity index (χ1v) is 8.36. The lowest BCUT2D eigenvalue weighted by Crippen LogP contribution is -2.02. The predicted molar refractivity (Wildman–Crippen MR) is 103 cm³/mol. The van der Waals surface area contributed by atoms with Crippen molar-refractivity contribution in [3.63, 3.8) is 0 Å². The van der Waals surface area contributed by atoms with Crippen LogP contribution in [0.25, 0.3) is 21.7 Å². The fraction of sp³-hybridized carbons (Fsp3) is 0.0952. The molecule has 5 nitrogen and oxygen atoms in total. The molecule has 0 aliphatic carbocycles. The Morgan fingerprint density at radius 2 is 1.93 bits per heavy atom. The van der Waals surface area contributed by atoms with Crippen molar-refractivity contribution in [2.75, 3.05) is 12.4 Å². The lowest BCUT2D eigenvalue weighted by Gasteiger charge is -2.12. The molecule has 2 aromatic heterocycles. The number of pyridine rings is 2. The zero-order valence-electron chi connectivity index (χ0n) is 14.8. The van der Waals surface area contributed by atoms with E-state index in [-0.39, 0.29) is 5.82 Å². The van der Waals surface area contributed by atoms with Gasteiger partial charge in [-0.05, 0) is 48.9 Å². The van der Waals surface area contributed by atoms with Crippen LogP contribution in [0.4, 0.5) is 15.9 Å². The second kappa shape index (κ2) is 6.64. The van der Waals surface area contributed by atoms with Crippen LogP contribution in [-0.4, -0.2) is 23.0 Å². The van der Waals surface area contributed by atoms with E-state index < -0.39 is 5.97 Å². The number of fused-ring (bicyclic) bond motifs is 3. The zero-order chi connectivity index (χ0) is 19.0. The Hall–Kier alpha value is -3.54. The van der Waals surface area contributed by atoms with Crippen LogP contribution < -0.4 is 5.32 Å². The molecule has 27 heavy (non-hydrogen) atoms. The smallest absolute Gasteiger partial charge is 0.337 e. The van der Waals surface area contributed by atoms with Crippen molar-refractivity contribution >= 4 is 39.1 Å². The van der Waals surface area contributed by atoms with Crippen LogP contribution in [0.5, 0.6) is 0 Å². The Kier molecular flexibility index (Phi) is 4.16. The summed E-state index contributed by atoms with van der Waals surface area (Å²) in [5.41, 5.74) is 2.33. The van der Waals surface area contributed by atoms with Gasteiger partial charge < -0.3 is 10.1 Å². The molecule has 6 heteroatoms. The molecule has 0 aliphatic heterocycles. The number of hydrogen-bond acceptors (Lipinski definition) is 5. The molecule has 134 valence electrons. The van der Waals surface area contributed by atoms with E-state index in [0.717, 1.165) is 21.8 Å². The molecule has 0 spiro atoms. The molecule has 0 radical (unpaired) electrons. The summed E-state index contributed by atoms with van der Waals surface area (Å²) in [5, 5.41) is 5.91. The molecule has 0 fully saturated rings. The van der Waals surface area contributed by atoms with Crippen LogP contribution in [-0.2, 0) is 4.74 Å². The zero-order valence-corrected chi connectivity index (χ0v) is 14.8. The van der Waals surface area contributed by atoms with Gasteiger partial charge in [-0.2, -0.15) is 0 Å². The third-order valence-electron chi connectivity index (χ3n) is 4.44. The molecule has 0 amide bonds. The minimum absolute atomic E-state index is 0.260. The Morgan fingerprint density at radius 1 is 1.07 bits per heavy atom. The molecule has 4 rings (SSSR count). The Balaban J connectivity index is 1.91. The molecule has 0 saturated carbocycles. The van der Waals surface area contributed by atoms with Crippen LogP contribution in [0.15, 0.2) is 54.9 Å². The number of aromatic nitrogens is 2. The molecule has 2 heterocycles. The molecular formula is C21H16FN3O2. The summed E-state index contributed by atoms with van der Waals surface area (Å²) in [6.07, 6.45) is 3.46. The van der Waals surface area contributed by atoms with E-state index in [2.05, 4.69) is 15.3 Å². The number of halogens is 1. The highest BCUT2D eigenvalue weighted by Crippen LogP contribution is 2.31. The lowest BCUT2D eigenvalue weighted by molar-refractivity contribution is 0.0601. The minimum Gasteiger partial charge on any atom is -0.465 e. The lowest BCUT2D eigenvalue weighted by atomic mass is 10.1. The van der Waals surface area contributed by atoms with Gasteiger partial charge >= 0.3 is 5.97 Å². The average Bonchev–Trinajstić information content (AvgIpc) is 2.70. The number of carbonyl (C=O) groups is 1. The van der Waals surface area contributed by atoms with Crippen molar-refractivity contribution in [1.29, 1.82) is 0 Å². The average molecular weight is 361 g/mol. The first-order chi connectivity index (χ1) is 13.1. The van der Waals surface area contributed by atoms with Gasteiger partial charge in [-0.15, -0.1) is 0 Å². The Bertz CT molecular complexity index is 1190. The van der Waals surface area contributed by atoms with E-state index in [1.807, 2.05) is 12.1 Å². The van der Waals surface area contributed by atoms with Gasteiger partial charge in [0.15, 0.2) is 0 Å². The highest BCUT2D eigenvalue weighted by Gasteiger charge is 2.12. The van der Waals surface area contributed by atoms with Crippen molar-refractivity contribution < 1.29 is 13.9 Å². The maximum absolute atomic E-state index is 13.6. The van der Waals surface area contributed by atoms with Gasteiger partial charge in [-0.25, -0.2) is 14.2 Å². The second-order valence-electron chi connectivity index (χ2n) is 6.19. The van der Waals surface area contributed by atoms with Gasteiger partial charge in [0.2, 0.25) is 0 Å². The molecule has 1 N–H and O–H groups in total. The summed E-state index contributed by atoms with van der Waals surface area (Å²) in [6, 6.07) is 11.9. The first-order valence-electron chi connectivity index (χ1n) is 8.36. The van der Waals surface area contributed by atoms with E-state index in [4.69, 9.17) is 4.74 Å². The largest absolute Gasteiger partial charge is 0.465 e. The number of nitrogens with zero attached hydrogens (tertiary/aromatic N) is 2. The number of carbonyl (C=O) groups excluding carboxylic acids is 1. The van der Waals surface area contributed by atoms with Gasteiger partial charge in [-0.1, -0.05) is 6.07 Å². The minimum atomic E-state index is -0.423. The van der Waals surface area contributed by atoms with E-state index in [9.17, 15) is 9.18 Å². The topological polar surface area (TPSA) is 64.1 Å². The highest BCUT2D eigenvalue weighted by atomic mass is 19.1. The normalized spacial score (nSPS) is 10.9. The van der Waals surface area contributed by atoms with Crippen molar-refractivity contribution in [2.24, 2.45) is 0 Å². The van der Waals surface area contributed by atoms with Crippen LogP contribution in [0, 0.1) is 12.7 Å². The van der Waals surface area contributed by atoms with Crippen molar-refractivity contribution in [1.82, 2.24) is 9.97 Å². The summed E-state index contributed by atoms with van der Waals surface area (Å²) in [6.45, 7) is 1.71. The molecule has 0 bridgehead atoms. The number of anilines is 2. The summed E-state index contributed by atoms with van der Waals surface area (Å²) < 4.78 is 18.3. The van der Waals surface area contributed by atoms with E-state index >= 15 is 0 Å². The standard InChI is InChI=1S/C21H16FN3O2/c1-12-9-14(4-6-18(12)22)24-20-16-7-8-23-11-17(16)15-5-3-13(21(26)27-2)10-19(15)25-20/h3-11H,1-2H3,(H,24,25). The number of rotatable bonds is 3. The van der Waals surface area contributed by atoms with Crippen molar-refractivity contribution in [3.8, 4) is 0 Å². The number of benzene rings is 2. The third-order valence-corrected chi connectivity index (χ3v) is 4.44. The Morgan fingerprint density at radius 3 is 2.70 bits per heavy atom. The number of aryl methyl sites for hydroxylation is 1. The Labute approximate surface area is 154 Å². The number of esters is 1.